The maximum atomic E-state index is 12.3. The molecule has 0 aliphatic carbocycles. The standard InChI is InChI=1S/C20H21N3O2/c1-2-23-17-7-4-3-6-15(17)16-12-14(9-10-18(16)23)21-19(24)13-22-11-5-8-20(22)25/h3-4,6-7,9-10,12H,2,5,8,11,13H2,1H3,(H,21,24). The number of nitrogens with one attached hydrogen (secondary N) is 1. The predicted octanol–water partition coefficient (Wildman–Crippen LogP) is 3.38. The molecule has 4 rings (SSSR count). The van der Waals surface area contributed by atoms with Crippen molar-refractivity contribution in [1.29, 1.82) is 0 Å². The molecule has 1 saturated heterocycles. The zero-order valence-electron chi connectivity index (χ0n) is 14.3. The van der Waals surface area contributed by atoms with Gasteiger partial charge in [-0.2, -0.15) is 0 Å². The monoisotopic (exact) mass is 335 g/mol. The van der Waals surface area contributed by atoms with Crippen LogP contribution in [0.25, 0.3) is 21.8 Å². The van der Waals surface area contributed by atoms with E-state index in [4.69, 9.17) is 0 Å². The quantitative estimate of drug-likeness (QED) is 0.795. The number of aromatic nitrogens is 1. The second-order valence-electron chi connectivity index (χ2n) is 6.46. The molecule has 25 heavy (non-hydrogen) atoms. The molecule has 2 heterocycles. The summed E-state index contributed by atoms with van der Waals surface area (Å²) < 4.78 is 2.28. The third-order valence-electron chi connectivity index (χ3n) is 4.88. The highest BCUT2D eigenvalue weighted by Gasteiger charge is 2.22. The first-order chi connectivity index (χ1) is 12.2. The van der Waals surface area contributed by atoms with Crippen LogP contribution in [0.3, 0.4) is 0 Å². The summed E-state index contributed by atoms with van der Waals surface area (Å²) in [6.07, 6.45) is 1.39. The Balaban J connectivity index is 1.64. The first kappa shape index (κ1) is 15.7. The van der Waals surface area contributed by atoms with Crippen LogP contribution in [0, 0.1) is 0 Å². The Bertz CT molecular complexity index is 974. The predicted molar refractivity (Wildman–Crippen MR) is 99.6 cm³/mol. The van der Waals surface area contributed by atoms with Gasteiger partial charge in [0.1, 0.15) is 0 Å². The van der Waals surface area contributed by atoms with Gasteiger partial charge in [-0.15, -0.1) is 0 Å². The minimum absolute atomic E-state index is 0.0663. The van der Waals surface area contributed by atoms with Crippen LogP contribution in [-0.4, -0.2) is 34.4 Å². The highest BCUT2D eigenvalue weighted by Crippen LogP contribution is 2.30. The summed E-state index contributed by atoms with van der Waals surface area (Å²) in [5.41, 5.74) is 3.13. The summed E-state index contributed by atoms with van der Waals surface area (Å²) in [6, 6.07) is 14.3. The van der Waals surface area contributed by atoms with Crippen LogP contribution in [0.5, 0.6) is 0 Å². The Morgan fingerprint density at radius 2 is 1.92 bits per heavy atom. The molecular weight excluding hydrogens is 314 g/mol. The summed E-state index contributed by atoms with van der Waals surface area (Å²) in [5, 5.41) is 5.25. The lowest BCUT2D eigenvalue weighted by atomic mass is 10.1. The lowest BCUT2D eigenvalue weighted by molar-refractivity contribution is -0.131. The van der Waals surface area contributed by atoms with Crippen LogP contribution in [0.4, 0.5) is 5.69 Å². The zero-order valence-corrected chi connectivity index (χ0v) is 14.3. The number of likely N-dealkylation sites (tertiary alicyclic amines) is 1. The third-order valence-corrected chi connectivity index (χ3v) is 4.88. The number of benzene rings is 2. The van der Waals surface area contributed by atoms with E-state index >= 15 is 0 Å². The maximum Gasteiger partial charge on any atom is 0.243 e. The molecule has 1 N–H and O–H groups in total. The Morgan fingerprint density at radius 1 is 1.12 bits per heavy atom. The lowest BCUT2D eigenvalue weighted by Gasteiger charge is -2.15. The van der Waals surface area contributed by atoms with E-state index < -0.39 is 0 Å². The summed E-state index contributed by atoms with van der Waals surface area (Å²) in [7, 11) is 0. The normalized spacial score (nSPS) is 14.6. The Labute approximate surface area is 146 Å². The molecule has 0 saturated carbocycles. The summed E-state index contributed by atoms with van der Waals surface area (Å²) >= 11 is 0. The number of para-hydroxylation sites is 1. The zero-order chi connectivity index (χ0) is 17.4. The van der Waals surface area contributed by atoms with Gasteiger partial charge in [-0.25, -0.2) is 0 Å². The molecule has 0 spiro atoms. The molecule has 1 fully saturated rings. The van der Waals surface area contributed by atoms with Gasteiger partial charge in [-0.05, 0) is 37.6 Å². The van der Waals surface area contributed by atoms with Crippen LogP contribution >= 0.6 is 0 Å². The lowest BCUT2D eigenvalue weighted by Crippen LogP contribution is -2.33. The van der Waals surface area contributed by atoms with Gasteiger partial charge < -0.3 is 14.8 Å². The van der Waals surface area contributed by atoms with Crippen molar-refractivity contribution in [3.8, 4) is 0 Å². The number of aryl methyl sites for hydroxylation is 1. The van der Waals surface area contributed by atoms with Gasteiger partial charge in [0.25, 0.3) is 0 Å². The van der Waals surface area contributed by atoms with Gasteiger partial charge in [0.15, 0.2) is 0 Å². The summed E-state index contributed by atoms with van der Waals surface area (Å²) in [4.78, 5) is 25.5. The SMILES string of the molecule is CCn1c2ccccc2c2cc(NC(=O)CN3CCCC3=O)ccc21. The highest BCUT2D eigenvalue weighted by molar-refractivity contribution is 6.10. The fraction of sp³-hybridized carbons (Fsp3) is 0.300. The van der Waals surface area contributed by atoms with E-state index in [0.29, 0.717) is 13.0 Å². The number of amides is 2. The minimum Gasteiger partial charge on any atom is -0.341 e. The number of fused-ring (bicyclic) bond motifs is 3. The van der Waals surface area contributed by atoms with Crippen LogP contribution in [-0.2, 0) is 16.1 Å². The van der Waals surface area contributed by atoms with Crippen molar-refractivity contribution in [3.05, 3.63) is 42.5 Å². The van der Waals surface area contributed by atoms with E-state index in [0.717, 1.165) is 29.6 Å². The molecule has 128 valence electrons. The van der Waals surface area contributed by atoms with Crippen molar-refractivity contribution in [2.75, 3.05) is 18.4 Å². The molecule has 1 aromatic heterocycles. The summed E-state index contributed by atoms with van der Waals surface area (Å²) in [6.45, 7) is 3.84. The average molecular weight is 335 g/mol. The number of nitrogens with zero attached hydrogens (tertiary/aromatic N) is 2. The Hall–Kier alpha value is -2.82. The van der Waals surface area contributed by atoms with Crippen molar-refractivity contribution < 1.29 is 9.59 Å². The first-order valence-electron chi connectivity index (χ1n) is 8.76. The van der Waals surface area contributed by atoms with E-state index in [2.05, 4.69) is 35.0 Å². The molecule has 1 aliphatic heterocycles. The van der Waals surface area contributed by atoms with E-state index in [1.165, 1.54) is 10.9 Å². The van der Waals surface area contributed by atoms with Gasteiger partial charge >= 0.3 is 0 Å². The molecule has 5 nitrogen and oxygen atoms in total. The van der Waals surface area contributed by atoms with Crippen LogP contribution in [0.2, 0.25) is 0 Å². The molecule has 0 atom stereocenters. The van der Waals surface area contributed by atoms with Crippen molar-refractivity contribution in [3.63, 3.8) is 0 Å². The van der Waals surface area contributed by atoms with Gasteiger partial charge in [0, 0.05) is 47.0 Å². The van der Waals surface area contributed by atoms with E-state index in [1.54, 1.807) is 4.90 Å². The highest BCUT2D eigenvalue weighted by atomic mass is 16.2. The van der Waals surface area contributed by atoms with E-state index in [9.17, 15) is 9.59 Å². The van der Waals surface area contributed by atoms with Crippen LogP contribution < -0.4 is 5.32 Å². The molecule has 2 amide bonds. The second-order valence-corrected chi connectivity index (χ2v) is 6.46. The van der Waals surface area contributed by atoms with Crippen molar-refractivity contribution >= 4 is 39.3 Å². The number of hydrogen-bond acceptors (Lipinski definition) is 2. The number of hydrogen-bond donors (Lipinski definition) is 1. The Morgan fingerprint density at radius 3 is 2.68 bits per heavy atom. The van der Waals surface area contributed by atoms with Crippen molar-refractivity contribution in [2.45, 2.75) is 26.3 Å². The number of anilines is 1. The van der Waals surface area contributed by atoms with Gasteiger partial charge in [-0.1, -0.05) is 18.2 Å². The molecule has 1 aliphatic rings. The fourth-order valence-electron chi connectivity index (χ4n) is 3.72. The van der Waals surface area contributed by atoms with Gasteiger partial charge in [0.05, 0.1) is 6.54 Å². The van der Waals surface area contributed by atoms with Gasteiger partial charge in [-0.3, -0.25) is 9.59 Å². The number of carbonyl (C=O) groups is 2. The minimum atomic E-state index is -0.145. The maximum absolute atomic E-state index is 12.3. The van der Waals surface area contributed by atoms with Crippen LogP contribution in [0.15, 0.2) is 42.5 Å². The molecule has 2 aromatic carbocycles. The van der Waals surface area contributed by atoms with Gasteiger partial charge in [0.2, 0.25) is 11.8 Å². The van der Waals surface area contributed by atoms with Crippen molar-refractivity contribution in [1.82, 2.24) is 9.47 Å². The molecule has 0 unspecified atom stereocenters. The second kappa shape index (κ2) is 6.24. The molecule has 3 aromatic rings. The average Bonchev–Trinajstić information content (AvgIpc) is 3.15. The summed E-state index contributed by atoms with van der Waals surface area (Å²) in [5.74, 6) is -0.0783. The number of carbonyl (C=O) groups excluding carboxylic acids is 2. The number of rotatable bonds is 4. The smallest absolute Gasteiger partial charge is 0.243 e. The third kappa shape index (κ3) is 2.76. The van der Waals surface area contributed by atoms with E-state index in [-0.39, 0.29) is 18.4 Å². The Kier molecular flexibility index (Phi) is 3.92. The van der Waals surface area contributed by atoms with E-state index in [1.807, 2.05) is 24.3 Å². The van der Waals surface area contributed by atoms with Crippen LogP contribution in [0.1, 0.15) is 19.8 Å². The topological polar surface area (TPSA) is 54.3 Å². The molecular formula is C20H21N3O2. The van der Waals surface area contributed by atoms with Crippen molar-refractivity contribution in [2.24, 2.45) is 0 Å². The molecule has 5 heteroatoms. The first-order valence-corrected chi connectivity index (χ1v) is 8.76. The molecule has 0 radical (unpaired) electrons. The fourth-order valence-corrected chi connectivity index (χ4v) is 3.72. The largest absolute Gasteiger partial charge is 0.341 e. The molecule has 0 bridgehead atoms.